The molecular weight excluding hydrogens is 289 g/mol. The van der Waals surface area contributed by atoms with E-state index in [1.165, 1.54) is 18.1 Å². The highest BCUT2D eigenvalue weighted by atomic mass is 19.1. The lowest BCUT2D eigenvalue weighted by Gasteiger charge is -2.23. The molecule has 1 heterocycles. The first-order chi connectivity index (χ1) is 10.4. The average molecular weight is 309 g/mol. The second kappa shape index (κ2) is 6.87. The third kappa shape index (κ3) is 3.44. The number of benzene rings is 1. The van der Waals surface area contributed by atoms with Gasteiger partial charge in [0, 0.05) is 26.5 Å². The third-order valence-electron chi connectivity index (χ3n) is 4.12. The van der Waals surface area contributed by atoms with Crippen LogP contribution < -0.4 is 0 Å². The van der Waals surface area contributed by atoms with Crippen LogP contribution in [0.2, 0.25) is 0 Å². The quantitative estimate of drug-likeness (QED) is 0.903. The standard InChI is InChI=1S/C16H20FNO4/c1-10(12-5-3-4-6-13(12)17)7-15(19)18-9-11(22-2)8-14(18)16(20)21/h3-6,10-11,14H,7-9H2,1-2H3,(H,20,21). The second-order valence-electron chi connectivity index (χ2n) is 5.62. The summed E-state index contributed by atoms with van der Waals surface area (Å²) in [5.41, 5.74) is 0.463. The highest BCUT2D eigenvalue weighted by Crippen LogP contribution is 2.26. The molecule has 0 bridgehead atoms. The molecule has 3 atom stereocenters. The highest BCUT2D eigenvalue weighted by Gasteiger charge is 2.39. The molecule has 1 aliphatic heterocycles. The molecule has 1 aromatic carbocycles. The van der Waals surface area contributed by atoms with Crippen LogP contribution in [0.25, 0.3) is 0 Å². The molecule has 0 spiro atoms. The van der Waals surface area contributed by atoms with Gasteiger partial charge in [-0.15, -0.1) is 0 Å². The van der Waals surface area contributed by atoms with Crippen LogP contribution >= 0.6 is 0 Å². The molecule has 1 saturated heterocycles. The van der Waals surface area contributed by atoms with Crippen molar-refractivity contribution in [1.82, 2.24) is 4.90 Å². The maximum Gasteiger partial charge on any atom is 0.326 e. The number of carbonyl (C=O) groups is 2. The van der Waals surface area contributed by atoms with Crippen LogP contribution in [-0.2, 0) is 14.3 Å². The number of ether oxygens (including phenoxy) is 1. The Hall–Kier alpha value is -1.95. The fourth-order valence-electron chi connectivity index (χ4n) is 2.84. The van der Waals surface area contributed by atoms with Gasteiger partial charge in [-0.1, -0.05) is 25.1 Å². The highest BCUT2D eigenvalue weighted by molar-refractivity contribution is 5.84. The maximum atomic E-state index is 13.8. The Kier molecular flexibility index (Phi) is 5.13. The minimum Gasteiger partial charge on any atom is -0.480 e. The number of hydrogen-bond acceptors (Lipinski definition) is 3. The number of rotatable bonds is 5. The van der Waals surface area contributed by atoms with Crippen molar-refractivity contribution in [1.29, 1.82) is 0 Å². The number of hydrogen-bond donors (Lipinski definition) is 1. The fraction of sp³-hybridized carbons (Fsp3) is 0.500. The van der Waals surface area contributed by atoms with Crippen molar-refractivity contribution < 1.29 is 23.8 Å². The van der Waals surface area contributed by atoms with E-state index in [0.717, 1.165) is 0 Å². The van der Waals surface area contributed by atoms with Crippen molar-refractivity contribution in [2.45, 2.75) is 37.8 Å². The average Bonchev–Trinajstić information content (AvgIpc) is 2.92. The Morgan fingerprint density at radius 2 is 2.14 bits per heavy atom. The van der Waals surface area contributed by atoms with Crippen LogP contribution in [0.4, 0.5) is 4.39 Å². The van der Waals surface area contributed by atoms with E-state index >= 15 is 0 Å². The van der Waals surface area contributed by atoms with E-state index in [9.17, 15) is 19.1 Å². The van der Waals surface area contributed by atoms with Crippen molar-refractivity contribution in [2.24, 2.45) is 0 Å². The number of halogens is 1. The summed E-state index contributed by atoms with van der Waals surface area (Å²) in [6.45, 7) is 2.02. The van der Waals surface area contributed by atoms with Crippen LogP contribution in [0, 0.1) is 5.82 Å². The van der Waals surface area contributed by atoms with Gasteiger partial charge >= 0.3 is 5.97 Å². The Labute approximate surface area is 128 Å². The fourth-order valence-corrected chi connectivity index (χ4v) is 2.84. The van der Waals surface area contributed by atoms with Crippen LogP contribution in [0.3, 0.4) is 0 Å². The molecule has 0 radical (unpaired) electrons. The van der Waals surface area contributed by atoms with Gasteiger partial charge in [0.2, 0.25) is 5.91 Å². The zero-order valence-corrected chi connectivity index (χ0v) is 12.7. The Balaban J connectivity index is 2.08. The van der Waals surface area contributed by atoms with Crippen molar-refractivity contribution in [2.75, 3.05) is 13.7 Å². The molecule has 3 unspecified atom stereocenters. The minimum atomic E-state index is -1.04. The Morgan fingerprint density at radius 3 is 2.73 bits per heavy atom. The van der Waals surface area contributed by atoms with Crippen molar-refractivity contribution in [3.8, 4) is 0 Å². The van der Waals surface area contributed by atoms with E-state index in [4.69, 9.17) is 4.74 Å². The van der Waals surface area contributed by atoms with Gasteiger partial charge in [-0.2, -0.15) is 0 Å². The molecule has 1 aromatic rings. The second-order valence-corrected chi connectivity index (χ2v) is 5.62. The van der Waals surface area contributed by atoms with Gasteiger partial charge in [0.05, 0.1) is 6.10 Å². The molecule has 0 aliphatic carbocycles. The number of carboxylic acid groups (broad SMARTS) is 1. The molecule has 6 heteroatoms. The molecule has 1 amide bonds. The van der Waals surface area contributed by atoms with Gasteiger partial charge in [-0.3, -0.25) is 4.79 Å². The largest absolute Gasteiger partial charge is 0.480 e. The summed E-state index contributed by atoms with van der Waals surface area (Å²) < 4.78 is 18.9. The number of carboxylic acids is 1. The number of methoxy groups -OCH3 is 1. The van der Waals surface area contributed by atoms with Gasteiger partial charge in [0.1, 0.15) is 11.9 Å². The van der Waals surface area contributed by atoms with Gasteiger partial charge < -0.3 is 14.7 Å². The summed E-state index contributed by atoms with van der Waals surface area (Å²) in [4.78, 5) is 25.0. The van der Waals surface area contributed by atoms with Crippen LogP contribution in [0.1, 0.15) is 31.2 Å². The number of likely N-dealkylation sites (tertiary alicyclic amines) is 1. The van der Waals surface area contributed by atoms with Gasteiger partial charge in [-0.25, -0.2) is 9.18 Å². The molecule has 2 rings (SSSR count). The summed E-state index contributed by atoms with van der Waals surface area (Å²) in [5.74, 6) is -1.99. The van der Waals surface area contributed by atoms with E-state index in [1.807, 2.05) is 0 Å². The van der Waals surface area contributed by atoms with Crippen molar-refractivity contribution >= 4 is 11.9 Å². The molecule has 0 saturated carbocycles. The molecule has 1 fully saturated rings. The zero-order valence-electron chi connectivity index (χ0n) is 12.7. The van der Waals surface area contributed by atoms with Gasteiger partial charge in [-0.05, 0) is 17.5 Å². The molecule has 1 N–H and O–H groups in total. The van der Waals surface area contributed by atoms with E-state index in [1.54, 1.807) is 25.1 Å². The SMILES string of the molecule is COC1CC(C(=O)O)N(C(=O)CC(C)c2ccccc2F)C1. The molecule has 5 nitrogen and oxygen atoms in total. The summed E-state index contributed by atoms with van der Waals surface area (Å²) in [7, 11) is 1.50. The van der Waals surface area contributed by atoms with Crippen molar-refractivity contribution in [3.05, 3.63) is 35.6 Å². The van der Waals surface area contributed by atoms with Crippen LogP contribution in [0.15, 0.2) is 24.3 Å². The predicted molar refractivity (Wildman–Crippen MR) is 78.0 cm³/mol. The lowest BCUT2D eigenvalue weighted by Crippen LogP contribution is -2.41. The Bertz CT molecular complexity index is 563. The van der Waals surface area contributed by atoms with Gasteiger partial charge in [0.25, 0.3) is 0 Å². The lowest BCUT2D eigenvalue weighted by atomic mass is 9.96. The molecule has 1 aliphatic rings. The monoisotopic (exact) mass is 309 g/mol. The number of carbonyl (C=O) groups excluding carboxylic acids is 1. The summed E-state index contributed by atoms with van der Waals surface area (Å²) in [5, 5.41) is 9.23. The minimum absolute atomic E-state index is 0.0706. The van der Waals surface area contributed by atoms with Gasteiger partial charge in [0.15, 0.2) is 0 Å². The predicted octanol–water partition coefficient (Wildman–Crippen LogP) is 2.02. The summed E-state index contributed by atoms with van der Waals surface area (Å²) >= 11 is 0. The molecule has 120 valence electrons. The third-order valence-corrected chi connectivity index (χ3v) is 4.12. The number of aliphatic carboxylic acids is 1. The van der Waals surface area contributed by atoms with E-state index in [-0.39, 0.29) is 43.1 Å². The number of nitrogens with zero attached hydrogens (tertiary/aromatic N) is 1. The van der Waals surface area contributed by atoms with Crippen molar-refractivity contribution in [3.63, 3.8) is 0 Å². The summed E-state index contributed by atoms with van der Waals surface area (Å²) in [6.07, 6.45) is 0.0844. The van der Waals surface area contributed by atoms with E-state index in [0.29, 0.717) is 5.56 Å². The summed E-state index contributed by atoms with van der Waals surface area (Å²) in [6, 6.07) is 5.44. The molecular formula is C16H20FNO4. The smallest absolute Gasteiger partial charge is 0.326 e. The number of amides is 1. The lowest BCUT2D eigenvalue weighted by molar-refractivity contribution is -0.148. The molecule has 0 aromatic heterocycles. The topological polar surface area (TPSA) is 66.8 Å². The van der Waals surface area contributed by atoms with E-state index in [2.05, 4.69) is 0 Å². The van der Waals surface area contributed by atoms with Crippen LogP contribution in [0.5, 0.6) is 0 Å². The first-order valence-electron chi connectivity index (χ1n) is 7.23. The first kappa shape index (κ1) is 16.4. The van der Waals surface area contributed by atoms with Crippen LogP contribution in [-0.4, -0.2) is 47.7 Å². The normalized spacial score (nSPS) is 22.6. The van der Waals surface area contributed by atoms with E-state index < -0.39 is 12.0 Å². The molecule has 22 heavy (non-hydrogen) atoms. The zero-order chi connectivity index (χ0) is 16.3. The Morgan fingerprint density at radius 1 is 1.45 bits per heavy atom. The maximum absolute atomic E-state index is 13.8. The first-order valence-corrected chi connectivity index (χ1v) is 7.23.